The van der Waals surface area contributed by atoms with E-state index < -0.39 is 10.2 Å². The van der Waals surface area contributed by atoms with Crippen LogP contribution in [0.15, 0.2) is 53.4 Å². The maximum Gasteiger partial charge on any atom is 0.332 e. The lowest BCUT2D eigenvalue weighted by Crippen LogP contribution is -2.10. The molecule has 0 aliphatic heterocycles. The van der Waals surface area contributed by atoms with Gasteiger partial charge in [-0.25, -0.2) is 0 Å². The summed E-state index contributed by atoms with van der Waals surface area (Å²) in [5.74, 6) is 0.670. The van der Waals surface area contributed by atoms with Crippen molar-refractivity contribution in [1.29, 1.82) is 0 Å². The summed E-state index contributed by atoms with van der Waals surface area (Å²) in [5, 5.41) is 9.44. The summed E-state index contributed by atoms with van der Waals surface area (Å²) < 4.78 is 34.9. The molecular weight excluding hydrogens is 315 g/mol. The number of benzene rings is 2. The summed E-state index contributed by atoms with van der Waals surface area (Å²) in [4.78, 5) is -0.311. The van der Waals surface area contributed by atoms with E-state index in [1.165, 1.54) is 12.1 Å². The Morgan fingerprint density at radius 2 is 1.26 bits per heavy atom. The normalized spacial score (nSPS) is 14.4. The van der Waals surface area contributed by atoms with Crippen LogP contribution in [0.2, 0.25) is 0 Å². The highest BCUT2D eigenvalue weighted by Crippen LogP contribution is 2.38. The third-order valence-corrected chi connectivity index (χ3v) is 5.11. The lowest BCUT2D eigenvalue weighted by atomic mass is 9.78. The molecule has 0 radical (unpaired) electrons. The standard InChI is InChI=1S/C18H21FO3S/c1-3-17(13-5-9-15(20)10-6-13)18(4-2)14-7-11-16(12-8-14)23(19,21)22/h5-12,17-18,20H,3-4H2,1-2H3/t17-,18+/m1/s1. The number of phenolic OH excluding ortho intramolecular Hbond substituents is 1. The third-order valence-electron chi connectivity index (χ3n) is 4.28. The van der Waals surface area contributed by atoms with Crippen LogP contribution < -0.4 is 0 Å². The smallest absolute Gasteiger partial charge is 0.332 e. The summed E-state index contributed by atoms with van der Waals surface area (Å²) in [6.07, 6.45) is 1.79. The van der Waals surface area contributed by atoms with Crippen LogP contribution in [-0.2, 0) is 10.2 Å². The van der Waals surface area contributed by atoms with E-state index in [2.05, 4.69) is 13.8 Å². The molecule has 2 rings (SSSR count). The average molecular weight is 336 g/mol. The largest absolute Gasteiger partial charge is 0.508 e. The molecule has 124 valence electrons. The van der Waals surface area contributed by atoms with Crippen molar-refractivity contribution >= 4 is 10.2 Å². The first-order chi connectivity index (χ1) is 10.9. The molecule has 0 heterocycles. The Morgan fingerprint density at radius 1 is 0.870 bits per heavy atom. The second kappa shape index (κ2) is 7.13. The van der Waals surface area contributed by atoms with Gasteiger partial charge in [-0.3, -0.25) is 0 Å². The van der Waals surface area contributed by atoms with Gasteiger partial charge in [-0.2, -0.15) is 8.42 Å². The molecule has 0 aromatic heterocycles. The number of hydrogen-bond donors (Lipinski definition) is 1. The molecule has 0 fully saturated rings. The zero-order valence-corrected chi connectivity index (χ0v) is 14.1. The molecule has 2 aromatic rings. The summed E-state index contributed by atoms with van der Waals surface area (Å²) >= 11 is 0. The molecule has 0 aliphatic carbocycles. The van der Waals surface area contributed by atoms with E-state index in [9.17, 15) is 17.4 Å². The van der Waals surface area contributed by atoms with Crippen molar-refractivity contribution in [3.8, 4) is 5.75 Å². The van der Waals surface area contributed by atoms with Gasteiger partial charge in [0, 0.05) is 0 Å². The molecule has 0 bridgehead atoms. The maximum absolute atomic E-state index is 13.0. The van der Waals surface area contributed by atoms with Crippen molar-refractivity contribution in [3.05, 3.63) is 59.7 Å². The first-order valence-electron chi connectivity index (χ1n) is 7.70. The quantitative estimate of drug-likeness (QED) is 0.775. The topological polar surface area (TPSA) is 54.4 Å². The van der Waals surface area contributed by atoms with Crippen molar-refractivity contribution < 1.29 is 17.4 Å². The summed E-state index contributed by atoms with van der Waals surface area (Å²) in [6, 6.07) is 13.2. The van der Waals surface area contributed by atoms with E-state index in [1.807, 2.05) is 12.1 Å². The van der Waals surface area contributed by atoms with Gasteiger partial charge in [0.15, 0.2) is 0 Å². The summed E-state index contributed by atoms with van der Waals surface area (Å²) in [6.45, 7) is 4.17. The molecular formula is C18H21FO3S. The van der Waals surface area contributed by atoms with Gasteiger partial charge in [-0.1, -0.05) is 38.1 Å². The van der Waals surface area contributed by atoms with E-state index >= 15 is 0 Å². The van der Waals surface area contributed by atoms with Gasteiger partial charge in [0.2, 0.25) is 0 Å². The van der Waals surface area contributed by atoms with Gasteiger partial charge in [-0.15, -0.1) is 3.89 Å². The summed E-state index contributed by atoms with van der Waals surface area (Å²) in [5.41, 5.74) is 2.11. The summed E-state index contributed by atoms with van der Waals surface area (Å²) in [7, 11) is -4.66. The van der Waals surface area contributed by atoms with Crippen molar-refractivity contribution in [3.63, 3.8) is 0 Å². The van der Waals surface area contributed by atoms with Crippen molar-refractivity contribution in [2.45, 2.75) is 43.4 Å². The van der Waals surface area contributed by atoms with Crippen LogP contribution >= 0.6 is 0 Å². The van der Waals surface area contributed by atoms with Crippen LogP contribution in [0, 0.1) is 0 Å². The second-order valence-corrected chi connectivity index (χ2v) is 6.97. The minimum atomic E-state index is -4.66. The fourth-order valence-electron chi connectivity index (χ4n) is 3.10. The lowest BCUT2D eigenvalue weighted by molar-refractivity contribution is 0.473. The Morgan fingerprint density at radius 3 is 1.61 bits per heavy atom. The van der Waals surface area contributed by atoms with Gasteiger partial charge >= 0.3 is 10.2 Å². The van der Waals surface area contributed by atoms with E-state index in [1.54, 1.807) is 24.3 Å². The average Bonchev–Trinajstić information content (AvgIpc) is 2.53. The highest BCUT2D eigenvalue weighted by molar-refractivity contribution is 7.86. The predicted molar refractivity (Wildman–Crippen MR) is 88.9 cm³/mol. The minimum absolute atomic E-state index is 0.195. The lowest BCUT2D eigenvalue weighted by Gasteiger charge is -2.26. The second-order valence-electron chi connectivity index (χ2n) is 5.63. The molecule has 23 heavy (non-hydrogen) atoms. The van der Waals surface area contributed by atoms with Gasteiger partial charge in [-0.05, 0) is 60.1 Å². The number of rotatable bonds is 6. The van der Waals surface area contributed by atoms with Crippen LogP contribution in [0.25, 0.3) is 0 Å². The zero-order valence-electron chi connectivity index (χ0n) is 13.2. The van der Waals surface area contributed by atoms with Crippen molar-refractivity contribution in [2.24, 2.45) is 0 Å². The third kappa shape index (κ3) is 4.10. The molecule has 0 saturated carbocycles. The Bertz CT molecular complexity index is 737. The molecule has 0 unspecified atom stereocenters. The molecule has 5 heteroatoms. The van der Waals surface area contributed by atoms with Gasteiger partial charge in [0.05, 0.1) is 4.90 Å². The fraction of sp³-hybridized carbons (Fsp3) is 0.333. The van der Waals surface area contributed by atoms with Crippen molar-refractivity contribution in [2.75, 3.05) is 0 Å². The first kappa shape index (κ1) is 17.5. The first-order valence-corrected chi connectivity index (χ1v) is 9.08. The van der Waals surface area contributed by atoms with Gasteiger partial charge in [0.25, 0.3) is 0 Å². The van der Waals surface area contributed by atoms with Crippen LogP contribution in [0.3, 0.4) is 0 Å². The number of aromatic hydroxyl groups is 1. The molecule has 3 nitrogen and oxygen atoms in total. The van der Waals surface area contributed by atoms with Crippen LogP contribution in [0.4, 0.5) is 3.89 Å². The monoisotopic (exact) mass is 336 g/mol. The molecule has 1 N–H and O–H groups in total. The van der Waals surface area contributed by atoms with E-state index in [0.29, 0.717) is 0 Å². The molecule has 2 atom stereocenters. The van der Waals surface area contributed by atoms with Crippen LogP contribution in [0.5, 0.6) is 5.75 Å². The Balaban J connectivity index is 2.35. The molecule has 0 aliphatic rings. The van der Waals surface area contributed by atoms with Crippen molar-refractivity contribution in [1.82, 2.24) is 0 Å². The van der Waals surface area contributed by atoms with Gasteiger partial charge in [0.1, 0.15) is 5.75 Å². The zero-order chi connectivity index (χ0) is 17.0. The molecule has 0 amide bonds. The molecule has 0 spiro atoms. The Hall–Kier alpha value is -1.88. The highest BCUT2D eigenvalue weighted by atomic mass is 32.3. The SMILES string of the molecule is CC[C@H](c1ccc(O)cc1)[C@@H](CC)c1ccc(S(=O)(=O)F)cc1. The van der Waals surface area contributed by atoms with Crippen LogP contribution in [-0.4, -0.2) is 13.5 Å². The van der Waals surface area contributed by atoms with E-state index in [0.717, 1.165) is 24.0 Å². The molecule has 2 aromatic carbocycles. The van der Waals surface area contributed by atoms with E-state index in [4.69, 9.17) is 0 Å². The number of hydrogen-bond acceptors (Lipinski definition) is 3. The molecule has 0 saturated heterocycles. The maximum atomic E-state index is 13.0. The van der Waals surface area contributed by atoms with E-state index in [-0.39, 0.29) is 22.5 Å². The van der Waals surface area contributed by atoms with Crippen LogP contribution in [0.1, 0.15) is 49.7 Å². The predicted octanol–water partition coefficient (Wildman–Crippen LogP) is 4.74. The number of halogens is 1. The highest BCUT2D eigenvalue weighted by Gasteiger charge is 2.22. The fourth-order valence-corrected chi connectivity index (χ4v) is 3.57. The number of phenols is 1. The minimum Gasteiger partial charge on any atom is -0.508 e. The van der Waals surface area contributed by atoms with Gasteiger partial charge < -0.3 is 5.11 Å². The Kier molecular flexibility index (Phi) is 5.42. The Labute approximate surface area is 137 Å².